The fraction of sp³-hybridized carbons (Fsp3) is 0.375. The van der Waals surface area contributed by atoms with Crippen LogP contribution in [0.15, 0.2) is 42.5 Å². The quantitative estimate of drug-likeness (QED) is 0.0592. The molecule has 3 atom stereocenters. The first-order valence-corrected chi connectivity index (χ1v) is 23.7. The number of anilines is 1. The molecule has 358 valence electrons. The Hall–Kier alpha value is -5.45. The number of alkyl halides is 8. The molecule has 0 spiro atoms. The van der Waals surface area contributed by atoms with Crippen LogP contribution in [-0.2, 0) is 56.3 Å². The number of aromatic nitrogens is 5. The molecule has 0 aliphatic heterocycles. The van der Waals surface area contributed by atoms with Gasteiger partial charge in [0.05, 0.1) is 33.9 Å². The number of hydrogen-bond acceptors (Lipinski definition) is 9. The Morgan fingerprint density at radius 3 is 2.15 bits per heavy atom. The first-order chi connectivity index (χ1) is 30.7. The molecule has 67 heavy (non-hydrogen) atoms. The second-order valence-corrected chi connectivity index (χ2v) is 21.4. The number of fused-ring (bicyclic) bond motifs is 4. The molecule has 2 aliphatic rings. The van der Waals surface area contributed by atoms with Crippen molar-refractivity contribution in [1.82, 2.24) is 29.9 Å². The lowest BCUT2D eigenvalue weighted by molar-refractivity contribution is -0.143. The number of hydrogen-bond donors (Lipinski definition) is 1. The average Bonchev–Trinajstić information content (AvgIpc) is 3.68. The van der Waals surface area contributed by atoms with E-state index in [-0.39, 0.29) is 42.5 Å². The fourth-order valence-corrected chi connectivity index (χ4v) is 9.40. The Kier molecular flexibility index (Phi) is 12.3. The minimum atomic E-state index is -5.22. The van der Waals surface area contributed by atoms with E-state index in [4.69, 9.17) is 23.2 Å². The highest BCUT2D eigenvalue weighted by molar-refractivity contribution is 7.93. The van der Waals surface area contributed by atoms with Gasteiger partial charge in [-0.05, 0) is 86.0 Å². The van der Waals surface area contributed by atoms with E-state index in [1.165, 1.54) is 13.8 Å². The number of benzene rings is 2. The molecule has 13 nitrogen and oxygen atoms in total. The van der Waals surface area contributed by atoms with Crippen molar-refractivity contribution < 1.29 is 70.3 Å². The van der Waals surface area contributed by atoms with Crippen LogP contribution in [0.2, 0.25) is 5.02 Å². The van der Waals surface area contributed by atoms with Crippen molar-refractivity contribution in [3.8, 4) is 23.0 Å². The summed E-state index contributed by atoms with van der Waals surface area (Å²) in [5, 5.41) is 6.72. The highest BCUT2D eigenvalue weighted by atomic mass is 35.5. The van der Waals surface area contributed by atoms with E-state index in [1.807, 2.05) is 0 Å². The topological polar surface area (TPSA) is 166 Å². The van der Waals surface area contributed by atoms with Crippen molar-refractivity contribution in [2.45, 2.75) is 74.8 Å². The van der Waals surface area contributed by atoms with Crippen LogP contribution in [0.3, 0.4) is 0 Å². The Balaban J connectivity index is 1.48. The minimum absolute atomic E-state index is 0.133. The lowest BCUT2D eigenvalue weighted by Gasteiger charge is -2.23. The number of sulfone groups is 1. The lowest BCUT2D eigenvalue weighted by atomic mass is 9.93. The van der Waals surface area contributed by atoms with Gasteiger partial charge in [-0.15, -0.1) is 0 Å². The van der Waals surface area contributed by atoms with E-state index in [0.717, 1.165) is 42.7 Å². The fourth-order valence-electron chi connectivity index (χ4n) is 7.77. The molecule has 2 aliphatic carbocycles. The third-order valence-electron chi connectivity index (χ3n) is 11.0. The molecular weight excluding hydrogens is 1000 g/mol. The summed E-state index contributed by atoms with van der Waals surface area (Å²) in [5.41, 5.74) is -5.88. The number of nitrogens with zero attached hydrogens (tertiary/aromatic N) is 6. The minimum Gasteiger partial charge on any atom is -0.346 e. The molecular formula is C40H31Cl2F10N7O6S2. The molecule has 3 heterocycles. The summed E-state index contributed by atoms with van der Waals surface area (Å²) in [6.07, 6.45) is -9.93. The summed E-state index contributed by atoms with van der Waals surface area (Å²) in [4.78, 5) is 31.1. The van der Waals surface area contributed by atoms with Gasteiger partial charge in [-0.3, -0.25) is 19.0 Å². The molecule has 3 aromatic heterocycles. The Labute approximate surface area is 383 Å². The first-order valence-electron chi connectivity index (χ1n) is 19.2. The largest absolute Gasteiger partial charge is 0.435 e. The van der Waals surface area contributed by atoms with Crippen molar-refractivity contribution in [2.75, 3.05) is 16.8 Å². The summed E-state index contributed by atoms with van der Waals surface area (Å²) < 4.78 is 195. The molecule has 1 unspecified atom stereocenters. The normalized spacial score (nSPS) is 17.4. The van der Waals surface area contributed by atoms with Gasteiger partial charge in [-0.1, -0.05) is 23.6 Å². The van der Waals surface area contributed by atoms with E-state index >= 15 is 8.78 Å². The van der Waals surface area contributed by atoms with Gasteiger partial charge >= 0.3 is 17.7 Å². The standard InChI is InChI=1S/C40H31Cl2F10N7O6S2/c1-37(2,66(3,62)63)10-9-21-5-6-22(23-7-8-26(41)30-32(23)58(17-38(45,46)47)56-35(30)59(36(42)61)67(4,64)65)31(53-21)27(13-18-11-19(43)14-20(44)12-18)54-28(60)16-57-34-29(33(55-57)40(50,51)52)24-15-25(24)39(34,48)49/h5-8,11-12,14,24-25,27H,13,15-17H2,1-4H3,(H,54,60)/t24-,25+,27?/m0/s1. The number of rotatable bonds is 11. The zero-order valence-corrected chi connectivity index (χ0v) is 37.7. The van der Waals surface area contributed by atoms with Crippen molar-refractivity contribution in [1.29, 1.82) is 0 Å². The summed E-state index contributed by atoms with van der Waals surface area (Å²) in [6.45, 7) is -0.796. The summed E-state index contributed by atoms with van der Waals surface area (Å²) in [5.74, 6) is -6.05. The van der Waals surface area contributed by atoms with E-state index in [9.17, 15) is 61.5 Å². The van der Waals surface area contributed by atoms with Crippen LogP contribution in [0.5, 0.6) is 0 Å². The van der Waals surface area contributed by atoms with E-state index < -0.39 is 148 Å². The number of carbonyl (C=O) groups excluding carboxylic acids is 2. The highest BCUT2D eigenvalue weighted by Gasteiger charge is 2.68. The van der Waals surface area contributed by atoms with E-state index in [2.05, 4.69) is 32.3 Å². The second kappa shape index (κ2) is 16.7. The Morgan fingerprint density at radius 1 is 0.955 bits per heavy atom. The van der Waals surface area contributed by atoms with E-state index in [1.54, 1.807) is 0 Å². The summed E-state index contributed by atoms with van der Waals surface area (Å²) in [7, 11) is -8.64. The summed E-state index contributed by atoms with van der Waals surface area (Å²) in [6, 6.07) is 4.72. The smallest absolute Gasteiger partial charge is 0.346 e. The zero-order chi connectivity index (χ0) is 49.7. The summed E-state index contributed by atoms with van der Waals surface area (Å²) >= 11 is 12.1. The number of sulfonamides is 1. The van der Waals surface area contributed by atoms with Crippen LogP contribution < -0.4 is 9.62 Å². The highest BCUT2D eigenvalue weighted by Crippen LogP contribution is 2.68. The molecule has 2 amide bonds. The predicted octanol–water partition coefficient (Wildman–Crippen LogP) is 8.42. The van der Waals surface area contributed by atoms with Gasteiger partial charge in [0.2, 0.25) is 15.9 Å². The van der Waals surface area contributed by atoms with Gasteiger partial charge < -0.3 is 5.32 Å². The molecule has 1 N–H and O–H groups in total. The van der Waals surface area contributed by atoms with Gasteiger partial charge in [0.1, 0.15) is 40.9 Å². The van der Waals surface area contributed by atoms with Crippen molar-refractivity contribution in [3.05, 3.63) is 93.0 Å². The number of carbonyl (C=O) groups is 2. The average molecular weight is 1030 g/mol. The third kappa shape index (κ3) is 9.66. The van der Waals surface area contributed by atoms with Crippen LogP contribution >= 0.6 is 23.2 Å². The van der Waals surface area contributed by atoms with Crippen LogP contribution in [0.25, 0.3) is 22.0 Å². The van der Waals surface area contributed by atoms with Crippen LogP contribution in [-0.4, -0.2) is 76.1 Å². The van der Waals surface area contributed by atoms with Crippen LogP contribution in [0.4, 0.5) is 54.5 Å². The third-order valence-corrected chi connectivity index (χ3v) is 14.5. The number of pyridine rings is 1. The van der Waals surface area contributed by atoms with Gasteiger partial charge in [-0.25, -0.2) is 30.6 Å². The van der Waals surface area contributed by atoms with Gasteiger partial charge in [0.15, 0.2) is 21.3 Å². The molecule has 0 radical (unpaired) electrons. The number of halogens is 12. The monoisotopic (exact) mass is 1030 g/mol. The maximum atomic E-state index is 15.5. The maximum absolute atomic E-state index is 15.5. The molecule has 27 heteroatoms. The molecule has 5 aromatic rings. The van der Waals surface area contributed by atoms with Crippen molar-refractivity contribution >= 4 is 71.1 Å². The molecule has 7 rings (SSSR count). The van der Waals surface area contributed by atoms with Gasteiger partial charge in [0.25, 0.3) is 5.92 Å². The molecule has 1 saturated carbocycles. The number of amides is 2. The molecule has 0 bridgehead atoms. The Bertz CT molecular complexity index is 3180. The first kappa shape index (κ1) is 49.5. The van der Waals surface area contributed by atoms with Gasteiger partial charge in [0, 0.05) is 34.9 Å². The maximum Gasteiger partial charge on any atom is 0.435 e. The molecule has 2 aromatic carbocycles. The van der Waals surface area contributed by atoms with E-state index in [0.29, 0.717) is 12.3 Å². The van der Waals surface area contributed by atoms with Crippen molar-refractivity contribution in [3.63, 3.8) is 0 Å². The second-order valence-electron chi connectivity index (χ2n) is 16.3. The van der Waals surface area contributed by atoms with Crippen LogP contribution in [0.1, 0.15) is 66.1 Å². The Morgan fingerprint density at radius 2 is 1.58 bits per heavy atom. The molecule has 1 fully saturated rings. The zero-order valence-electron chi connectivity index (χ0n) is 34.6. The van der Waals surface area contributed by atoms with Crippen molar-refractivity contribution in [2.24, 2.45) is 5.92 Å². The SMILES string of the molecule is CC(C)(C#Cc1ccc(-c2ccc(Cl)c3c(N(C(=O)Cl)S(C)(=O)=O)nn(CC(F)(F)F)c23)c(C(Cc2cc(F)cc(F)c2)NC(=O)Cn2nc(C(F)(F)F)c3c2C(F)(F)[C@@H]2C[C@H]32)n1)S(C)(=O)=O. The lowest BCUT2D eigenvalue weighted by Crippen LogP contribution is -2.35. The number of nitrogens with one attached hydrogen (secondary N) is 1. The van der Waals surface area contributed by atoms with Crippen LogP contribution in [0, 0.1) is 29.4 Å². The predicted molar refractivity (Wildman–Crippen MR) is 221 cm³/mol. The van der Waals surface area contributed by atoms with Gasteiger partial charge in [-0.2, -0.15) is 49.6 Å². The molecule has 0 saturated heterocycles.